The number of fused-ring (bicyclic) bond motifs is 1. The van der Waals surface area contributed by atoms with Crippen molar-refractivity contribution < 1.29 is 18.0 Å². The number of aliphatic imine (C=N–C) groups is 1. The number of benzene rings is 1. The van der Waals surface area contributed by atoms with Gasteiger partial charge in [0.05, 0.1) is 29.1 Å². The molecule has 0 saturated heterocycles. The van der Waals surface area contributed by atoms with Gasteiger partial charge in [-0.1, -0.05) is 0 Å². The molecular weight excluding hydrogens is 375 g/mol. The first-order valence-electron chi connectivity index (χ1n) is 6.53. The molecule has 23 heavy (non-hydrogen) atoms. The Morgan fingerprint density at radius 1 is 1.17 bits per heavy atom. The second-order valence-corrected chi connectivity index (χ2v) is 5.69. The van der Waals surface area contributed by atoms with Crippen LogP contribution >= 0.6 is 15.9 Å². The molecule has 0 saturated carbocycles. The number of nitrogens with one attached hydrogen (secondary N) is 1. The summed E-state index contributed by atoms with van der Waals surface area (Å²) in [6.07, 6.45) is -2.96. The third-order valence-electron chi connectivity index (χ3n) is 3.24. The predicted molar refractivity (Wildman–Crippen MR) is 82.8 cm³/mol. The summed E-state index contributed by atoms with van der Waals surface area (Å²) >= 11 is 3.23. The van der Waals surface area contributed by atoms with E-state index in [9.17, 15) is 18.0 Å². The van der Waals surface area contributed by atoms with E-state index in [1.165, 1.54) is 6.07 Å². The van der Waals surface area contributed by atoms with Crippen LogP contribution in [0.1, 0.15) is 17.5 Å². The summed E-state index contributed by atoms with van der Waals surface area (Å²) in [5, 5.41) is 2.47. The number of pyridine rings is 1. The predicted octanol–water partition coefficient (Wildman–Crippen LogP) is 4.33. The Labute approximate surface area is 137 Å². The third-order valence-corrected chi connectivity index (χ3v) is 3.67. The molecule has 0 fully saturated rings. The quantitative estimate of drug-likeness (QED) is 0.745. The van der Waals surface area contributed by atoms with Crippen LogP contribution in [-0.2, 0) is 11.0 Å². The van der Waals surface area contributed by atoms with Crippen LogP contribution in [0.3, 0.4) is 0 Å². The smallest absolute Gasteiger partial charge is 0.324 e. The van der Waals surface area contributed by atoms with E-state index in [2.05, 4.69) is 31.2 Å². The number of halogens is 4. The molecule has 1 aromatic heterocycles. The fourth-order valence-electron chi connectivity index (χ4n) is 2.19. The average molecular weight is 384 g/mol. The lowest BCUT2D eigenvalue weighted by atomic mass is 10.1. The van der Waals surface area contributed by atoms with Crippen LogP contribution in [0.15, 0.2) is 46.1 Å². The summed E-state index contributed by atoms with van der Waals surface area (Å²) in [6.45, 7) is 0. The summed E-state index contributed by atoms with van der Waals surface area (Å²) in [7, 11) is 0. The number of hydrogen-bond acceptors (Lipinski definition) is 3. The van der Waals surface area contributed by atoms with Gasteiger partial charge in [-0.2, -0.15) is 13.2 Å². The molecule has 0 radical (unpaired) electrons. The van der Waals surface area contributed by atoms with Crippen LogP contribution < -0.4 is 5.32 Å². The fourth-order valence-corrected chi connectivity index (χ4v) is 2.55. The van der Waals surface area contributed by atoms with Crippen LogP contribution in [0, 0.1) is 0 Å². The third kappa shape index (κ3) is 3.42. The lowest BCUT2D eigenvalue weighted by molar-refractivity contribution is -0.137. The molecule has 1 aliphatic heterocycles. The molecule has 0 unspecified atom stereocenters. The zero-order chi connectivity index (χ0) is 16.6. The minimum atomic E-state index is -4.48. The summed E-state index contributed by atoms with van der Waals surface area (Å²) < 4.78 is 38.9. The SMILES string of the molecule is O=C1CC(c2ccnc(Br)c2)=Nc2ccc(C(F)(F)F)cc2N1. The van der Waals surface area contributed by atoms with Gasteiger partial charge in [0.2, 0.25) is 5.91 Å². The van der Waals surface area contributed by atoms with E-state index in [1.807, 2.05) is 0 Å². The van der Waals surface area contributed by atoms with Crippen LogP contribution in [0.2, 0.25) is 0 Å². The van der Waals surface area contributed by atoms with Gasteiger partial charge in [0.15, 0.2) is 0 Å². The maximum atomic E-state index is 12.8. The fraction of sp³-hybridized carbons (Fsp3) is 0.133. The molecule has 1 aliphatic rings. The first-order chi connectivity index (χ1) is 10.8. The van der Waals surface area contributed by atoms with Crippen LogP contribution in [0.5, 0.6) is 0 Å². The first-order valence-corrected chi connectivity index (χ1v) is 7.33. The zero-order valence-corrected chi connectivity index (χ0v) is 13.1. The zero-order valence-electron chi connectivity index (χ0n) is 11.5. The van der Waals surface area contributed by atoms with Crippen LogP contribution in [-0.4, -0.2) is 16.6 Å². The van der Waals surface area contributed by atoms with Crippen molar-refractivity contribution in [3.63, 3.8) is 0 Å². The number of carbonyl (C=O) groups excluding carboxylic acids is 1. The average Bonchev–Trinajstić information content (AvgIpc) is 2.63. The molecule has 8 heteroatoms. The molecule has 1 N–H and O–H groups in total. The lowest BCUT2D eigenvalue weighted by Gasteiger charge is -2.10. The summed E-state index contributed by atoms with van der Waals surface area (Å²) in [6, 6.07) is 6.47. The van der Waals surface area contributed by atoms with Crippen molar-refractivity contribution in [2.75, 3.05) is 5.32 Å². The van der Waals surface area contributed by atoms with Crippen LogP contribution in [0.25, 0.3) is 0 Å². The number of nitrogens with zero attached hydrogens (tertiary/aromatic N) is 2. The van der Waals surface area contributed by atoms with Gasteiger partial charge < -0.3 is 5.32 Å². The minimum Gasteiger partial charge on any atom is -0.324 e. The van der Waals surface area contributed by atoms with Crippen LogP contribution in [0.4, 0.5) is 24.5 Å². The Hall–Kier alpha value is -2.22. The highest BCUT2D eigenvalue weighted by molar-refractivity contribution is 9.10. The second kappa shape index (κ2) is 5.77. The number of hydrogen-bond donors (Lipinski definition) is 1. The van der Waals surface area contributed by atoms with Gasteiger partial charge in [-0.25, -0.2) is 4.98 Å². The van der Waals surface area contributed by atoms with Crippen molar-refractivity contribution in [3.8, 4) is 0 Å². The molecule has 0 atom stereocenters. The van der Waals surface area contributed by atoms with Crippen molar-refractivity contribution in [1.82, 2.24) is 4.98 Å². The number of anilines is 1. The van der Waals surface area contributed by atoms with Gasteiger partial charge >= 0.3 is 6.18 Å². The van der Waals surface area contributed by atoms with E-state index in [-0.39, 0.29) is 17.8 Å². The number of carbonyl (C=O) groups is 1. The number of amides is 1. The Balaban J connectivity index is 2.08. The first kappa shape index (κ1) is 15.7. The molecular formula is C15H9BrF3N3O. The largest absolute Gasteiger partial charge is 0.416 e. The Bertz CT molecular complexity index is 818. The second-order valence-electron chi connectivity index (χ2n) is 4.88. The van der Waals surface area contributed by atoms with Crippen molar-refractivity contribution in [1.29, 1.82) is 0 Å². The Kier molecular flexibility index (Phi) is 3.93. The van der Waals surface area contributed by atoms with Gasteiger partial charge in [-0.3, -0.25) is 9.79 Å². The molecule has 0 aliphatic carbocycles. The van der Waals surface area contributed by atoms with Gasteiger partial charge in [0.25, 0.3) is 0 Å². The molecule has 3 rings (SSSR count). The maximum absolute atomic E-state index is 12.8. The van der Waals surface area contributed by atoms with E-state index < -0.39 is 17.6 Å². The van der Waals surface area contributed by atoms with Gasteiger partial charge in [-0.15, -0.1) is 0 Å². The maximum Gasteiger partial charge on any atom is 0.416 e. The molecule has 0 bridgehead atoms. The van der Waals surface area contributed by atoms with Crippen molar-refractivity contribution in [3.05, 3.63) is 52.3 Å². The summed E-state index contributed by atoms with van der Waals surface area (Å²) in [5.74, 6) is -0.422. The lowest BCUT2D eigenvalue weighted by Crippen LogP contribution is -2.15. The monoisotopic (exact) mass is 383 g/mol. The summed E-state index contributed by atoms with van der Waals surface area (Å²) in [5.41, 5.74) is 0.639. The van der Waals surface area contributed by atoms with E-state index in [4.69, 9.17) is 0 Å². The topological polar surface area (TPSA) is 54.4 Å². The van der Waals surface area contributed by atoms with E-state index in [1.54, 1.807) is 18.3 Å². The summed E-state index contributed by atoms with van der Waals surface area (Å²) in [4.78, 5) is 20.3. The normalized spacial score (nSPS) is 14.6. The molecule has 4 nitrogen and oxygen atoms in total. The highest BCUT2D eigenvalue weighted by Crippen LogP contribution is 2.36. The van der Waals surface area contributed by atoms with Gasteiger partial charge in [-0.05, 0) is 46.3 Å². The van der Waals surface area contributed by atoms with Gasteiger partial charge in [0, 0.05) is 11.8 Å². The minimum absolute atomic E-state index is 0.0352. The van der Waals surface area contributed by atoms with E-state index in [0.29, 0.717) is 15.9 Å². The van der Waals surface area contributed by atoms with Crippen molar-refractivity contribution >= 4 is 38.9 Å². The van der Waals surface area contributed by atoms with Crippen molar-refractivity contribution in [2.45, 2.75) is 12.6 Å². The van der Waals surface area contributed by atoms with Crippen molar-refractivity contribution in [2.24, 2.45) is 4.99 Å². The highest BCUT2D eigenvalue weighted by atomic mass is 79.9. The standard InChI is InChI=1S/C15H9BrF3N3O/c16-13-5-8(3-4-20-13)11-7-14(23)22-12-6-9(15(17,18)19)1-2-10(12)21-11/h1-6H,7H2,(H,22,23). The molecule has 1 aromatic carbocycles. The molecule has 2 heterocycles. The highest BCUT2D eigenvalue weighted by Gasteiger charge is 2.31. The number of alkyl halides is 3. The Morgan fingerprint density at radius 2 is 1.96 bits per heavy atom. The molecule has 118 valence electrons. The molecule has 0 spiro atoms. The molecule has 2 aromatic rings. The van der Waals surface area contributed by atoms with Gasteiger partial charge in [0.1, 0.15) is 4.60 Å². The molecule has 1 amide bonds. The van der Waals surface area contributed by atoms with E-state index in [0.717, 1.165) is 12.1 Å². The Morgan fingerprint density at radius 3 is 2.65 bits per heavy atom. The number of rotatable bonds is 1. The number of aromatic nitrogens is 1. The van der Waals surface area contributed by atoms with E-state index >= 15 is 0 Å².